The van der Waals surface area contributed by atoms with E-state index in [1.807, 2.05) is 54.7 Å². The van der Waals surface area contributed by atoms with Crippen LogP contribution in [0.3, 0.4) is 0 Å². The molecule has 0 saturated heterocycles. The fourth-order valence-electron chi connectivity index (χ4n) is 6.57. The first kappa shape index (κ1) is 59.1. The Morgan fingerprint density at radius 3 is 1.05 bits per heavy atom. The minimum Gasteiger partial charge on any atom is -0.462 e. The molecule has 0 rings (SSSR count). The van der Waals surface area contributed by atoms with Gasteiger partial charge in [-0.25, -0.2) is 0 Å². The summed E-state index contributed by atoms with van der Waals surface area (Å²) in [5.41, 5.74) is 0. The fraction of sp³-hybridized carbons (Fsp3) is 0.632. The molecular formula is C57H92O6. The lowest BCUT2D eigenvalue weighted by Gasteiger charge is -2.18. The number of esters is 3. The number of hydrogen-bond donors (Lipinski definition) is 0. The van der Waals surface area contributed by atoms with E-state index in [0.717, 1.165) is 70.6 Å². The van der Waals surface area contributed by atoms with Crippen LogP contribution in [0, 0.1) is 0 Å². The Balaban J connectivity index is 4.58. The van der Waals surface area contributed by atoms with E-state index in [2.05, 4.69) is 75.5 Å². The molecule has 0 aliphatic heterocycles. The summed E-state index contributed by atoms with van der Waals surface area (Å²) in [6.07, 6.45) is 68.0. The molecule has 0 fully saturated rings. The van der Waals surface area contributed by atoms with Crippen LogP contribution < -0.4 is 0 Å². The molecule has 1 unspecified atom stereocenters. The number of carbonyl (C=O) groups excluding carboxylic acids is 3. The maximum Gasteiger partial charge on any atom is 0.306 e. The van der Waals surface area contributed by atoms with Crippen molar-refractivity contribution >= 4 is 17.9 Å². The second kappa shape index (κ2) is 50.7. The lowest BCUT2D eigenvalue weighted by molar-refractivity contribution is -0.167. The van der Waals surface area contributed by atoms with Crippen molar-refractivity contribution < 1.29 is 28.6 Å². The van der Waals surface area contributed by atoms with Gasteiger partial charge in [0, 0.05) is 19.3 Å². The lowest BCUT2D eigenvalue weighted by Crippen LogP contribution is -2.30. The molecule has 0 saturated carbocycles. The zero-order chi connectivity index (χ0) is 45.8. The SMILES string of the molecule is CC/C=C/C=C/C=C/C=C/C=C/CCCC(=O)OCC(COC(=O)CCCCC/C=C/C=C/CCCCCCCCC)OC(=O)CCCCC/C=C/C=C/CCCCCCCCC. The summed E-state index contributed by atoms with van der Waals surface area (Å²) < 4.78 is 16.7. The van der Waals surface area contributed by atoms with E-state index in [1.54, 1.807) is 0 Å². The average molecular weight is 873 g/mol. The molecular weight excluding hydrogens is 781 g/mol. The van der Waals surface area contributed by atoms with Crippen LogP contribution in [0.2, 0.25) is 0 Å². The van der Waals surface area contributed by atoms with Crippen molar-refractivity contribution in [2.45, 2.75) is 219 Å². The summed E-state index contributed by atoms with van der Waals surface area (Å²) in [7, 11) is 0. The predicted octanol–water partition coefficient (Wildman–Crippen LogP) is 16.8. The Kier molecular flexibility index (Phi) is 47.5. The molecule has 6 nitrogen and oxygen atoms in total. The maximum absolute atomic E-state index is 12.8. The Morgan fingerprint density at radius 1 is 0.333 bits per heavy atom. The van der Waals surface area contributed by atoms with Crippen molar-refractivity contribution in [3.8, 4) is 0 Å². The van der Waals surface area contributed by atoms with Gasteiger partial charge in [0.2, 0.25) is 0 Å². The molecule has 356 valence electrons. The van der Waals surface area contributed by atoms with E-state index in [-0.39, 0.29) is 44.0 Å². The molecule has 0 aliphatic carbocycles. The van der Waals surface area contributed by atoms with Crippen LogP contribution in [0.4, 0.5) is 0 Å². The molecule has 0 aliphatic rings. The lowest BCUT2D eigenvalue weighted by atomic mass is 10.1. The number of carbonyl (C=O) groups is 3. The minimum absolute atomic E-state index is 0.127. The third-order valence-electron chi connectivity index (χ3n) is 10.4. The first-order valence-corrected chi connectivity index (χ1v) is 25.5. The highest BCUT2D eigenvalue weighted by atomic mass is 16.6. The molecule has 1 atom stereocenters. The second-order valence-electron chi connectivity index (χ2n) is 16.5. The highest BCUT2D eigenvalue weighted by Crippen LogP contribution is 2.12. The van der Waals surface area contributed by atoms with Crippen LogP contribution in [-0.4, -0.2) is 37.2 Å². The normalized spacial score (nSPS) is 13.0. The van der Waals surface area contributed by atoms with Crippen molar-refractivity contribution in [3.63, 3.8) is 0 Å². The van der Waals surface area contributed by atoms with E-state index < -0.39 is 6.10 Å². The Bertz CT molecular complexity index is 1330. The number of allylic oxidation sites excluding steroid dienone is 18. The average Bonchev–Trinajstić information content (AvgIpc) is 3.28. The molecule has 0 bridgehead atoms. The quantitative estimate of drug-likeness (QED) is 0.0263. The van der Waals surface area contributed by atoms with Crippen LogP contribution in [-0.2, 0) is 28.6 Å². The van der Waals surface area contributed by atoms with Crippen LogP contribution >= 0.6 is 0 Å². The summed E-state index contributed by atoms with van der Waals surface area (Å²) in [5, 5.41) is 0. The molecule has 0 radical (unpaired) electrons. The van der Waals surface area contributed by atoms with Crippen molar-refractivity contribution in [2.24, 2.45) is 0 Å². The zero-order valence-electron chi connectivity index (χ0n) is 40.5. The minimum atomic E-state index is -0.833. The monoisotopic (exact) mass is 873 g/mol. The summed E-state index contributed by atoms with van der Waals surface area (Å²) >= 11 is 0. The summed E-state index contributed by atoms with van der Waals surface area (Å²) in [4.78, 5) is 37.9. The maximum atomic E-state index is 12.8. The Morgan fingerprint density at radius 2 is 0.635 bits per heavy atom. The van der Waals surface area contributed by atoms with Crippen LogP contribution in [0.5, 0.6) is 0 Å². The second-order valence-corrected chi connectivity index (χ2v) is 16.5. The standard InChI is InChI=1S/C57H92O6/c1-4-7-10-13-16-19-22-25-27-29-32-35-38-41-44-47-50-56(59)62-53-54(52-61-55(58)49-46-43-40-37-34-31-24-21-18-15-12-9-6-3)63-57(60)51-48-45-42-39-36-33-30-28-26-23-20-17-14-11-8-5-2/h9,12,15,18,21,24,27-37,40,54H,4-8,10-11,13-14,16-17,19-20,22-23,25-26,38-39,41-53H2,1-3H3/b12-9+,18-15+,24-21+,29-27+,30-28+,34-31+,35-32+,36-33+,40-37+. The van der Waals surface area contributed by atoms with Gasteiger partial charge in [-0.1, -0.05) is 220 Å². The molecule has 0 spiro atoms. The van der Waals surface area contributed by atoms with Gasteiger partial charge in [0.15, 0.2) is 6.10 Å². The summed E-state index contributed by atoms with van der Waals surface area (Å²) in [6.45, 7) is 6.36. The van der Waals surface area contributed by atoms with E-state index in [0.29, 0.717) is 19.3 Å². The molecule has 0 aromatic carbocycles. The first-order valence-electron chi connectivity index (χ1n) is 25.5. The van der Waals surface area contributed by atoms with Crippen LogP contribution in [0.1, 0.15) is 213 Å². The zero-order valence-corrected chi connectivity index (χ0v) is 40.5. The van der Waals surface area contributed by atoms with E-state index in [4.69, 9.17) is 14.2 Å². The number of rotatable bonds is 44. The molecule has 0 amide bonds. The summed E-state index contributed by atoms with van der Waals surface area (Å²) in [5.74, 6) is -1.06. The van der Waals surface area contributed by atoms with Gasteiger partial charge in [0.1, 0.15) is 13.2 Å². The van der Waals surface area contributed by atoms with Crippen molar-refractivity contribution in [1.82, 2.24) is 0 Å². The number of hydrogen-bond acceptors (Lipinski definition) is 6. The van der Waals surface area contributed by atoms with Gasteiger partial charge in [0.25, 0.3) is 0 Å². The van der Waals surface area contributed by atoms with Gasteiger partial charge < -0.3 is 14.2 Å². The molecule has 63 heavy (non-hydrogen) atoms. The first-order chi connectivity index (χ1) is 31.0. The Hall–Kier alpha value is -3.93. The molecule has 0 N–H and O–H groups in total. The predicted molar refractivity (Wildman–Crippen MR) is 270 cm³/mol. The van der Waals surface area contributed by atoms with Gasteiger partial charge in [-0.3, -0.25) is 14.4 Å². The third kappa shape index (κ3) is 49.0. The van der Waals surface area contributed by atoms with Gasteiger partial charge in [-0.2, -0.15) is 0 Å². The molecule has 0 heterocycles. The van der Waals surface area contributed by atoms with Crippen LogP contribution in [0.15, 0.2) is 109 Å². The topological polar surface area (TPSA) is 78.9 Å². The van der Waals surface area contributed by atoms with Gasteiger partial charge in [-0.15, -0.1) is 0 Å². The van der Waals surface area contributed by atoms with Gasteiger partial charge in [-0.05, 0) is 83.5 Å². The molecule has 0 aromatic heterocycles. The number of unbranched alkanes of at least 4 members (excludes halogenated alkanes) is 21. The highest BCUT2D eigenvalue weighted by molar-refractivity contribution is 5.71. The fourth-order valence-corrected chi connectivity index (χ4v) is 6.57. The van der Waals surface area contributed by atoms with E-state index >= 15 is 0 Å². The van der Waals surface area contributed by atoms with Gasteiger partial charge >= 0.3 is 17.9 Å². The smallest absolute Gasteiger partial charge is 0.306 e. The number of ether oxygens (including phenoxy) is 3. The summed E-state index contributed by atoms with van der Waals surface area (Å²) in [6, 6.07) is 0. The van der Waals surface area contributed by atoms with E-state index in [9.17, 15) is 14.4 Å². The van der Waals surface area contributed by atoms with Gasteiger partial charge in [0.05, 0.1) is 0 Å². The van der Waals surface area contributed by atoms with Crippen LogP contribution in [0.25, 0.3) is 0 Å². The van der Waals surface area contributed by atoms with Crippen molar-refractivity contribution in [1.29, 1.82) is 0 Å². The third-order valence-corrected chi connectivity index (χ3v) is 10.4. The molecule has 0 aromatic rings. The Labute approximate surface area is 387 Å². The molecule has 6 heteroatoms. The highest BCUT2D eigenvalue weighted by Gasteiger charge is 2.19. The largest absolute Gasteiger partial charge is 0.462 e. The van der Waals surface area contributed by atoms with E-state index in [1.165, 1.54) is 89.9 Å². The van der Waals surface area contributed by atoms with Crippen molar-refractivity contribution in [2.75, 3.05) is 13.2 Å². The van der Waals surface area contributed by atoms with Crippen molar-refractivity contribution in [3.05, 3.63) is 109 Å².